The van der Waals surface area contributed by atoms with Crippen LogP contribution < -0.4 is 9.64 Å². The summed E-state index contributed by atoms with van der Waals surface area (Å²) in [4.78, 5) is 12.9. The van der Waals surface area contributed by atoms with Crippen LogP contribution in [-0.4, -0.2) is 24.2 Å². The molecule has 1 N–H and O–H groups in total. The standard InChI is InChI=1S/C10H11NO3/c1-7(12)11-4-5-14-10-3-2-8(13)6-9(10)11/h2-3,6,13H,4-5H2,1H3. The number of phenols is 1. The first-order valence-electron chi connectivity index (χ1n) is 4.42. The molecule has 0 atom stereocenters. The number of hydrogen-bond acceptors (Lipinski definition) is 3. The smallest absolute Gasteiger partial charge is 0.224 e. The second kappa shape index (κ2) is 3.21. The van der Waals surface area contributed by atoms with Gasteiger partial charge in [0.1, 0.15) is 18.1 Å². The zero-order chi connectivity index (χ0) is 10.1. The third kappa shape index (κ3) is 1.39. The van der Waals surface area contributed by atoms with E-state index in [4.69, 9.17) is 4.74 Å². The molecule has 0 unspecified atom stereocenters. The molecule has 0 saturated heterocycles. The molecular weight excluding hydrogens is 182 g/mol. The van der Waals surface area contributed by atoms with Gasteiger partial charge in [-0.25, -0.2) is 0 Å². The van der Waals surface area contributed by atoms with E-state index in [-0.39, 0.29) is 11.7 Å². The van der Waals surface area contributed by atoms with Crippen LogP contribution >= 0.6 is 0 Å². The summed E-state index contributed by atoms with van der Waals surface area (Å²) in [6.07, 6.45) is 0. The molecule has 0 fully saturated rings. The minimum Gasteiger partial charge on any atom is -0.508 e. The van der Waals surface area contributed by atoms with E-state index in [2.05, 4.69) is 0 Å². The third-order valence-electron chi connectivity index (χ3n) is 2.19. The van der Waals surface area contributed by atoms with E-state index in [9.17, 15) is 9.90 Å². The molecule has 1 aromatic rings. The van der Waals surface area contributed by atoms with Crippen LogP contribution in [0, 0.1) is 0 Å². The van der Waals surface area contributed by atoms with Crippen LogP contribution in [0.15, 0.2) is 18.2 Å². The SMILES string of the molecule is CC(=O)N1CCOc2ccc(O)cc21. The molecule has 0 aromatic heterocycles. The Bertz CT molecular complexity index is 376. The van der Waals surface area contributed by atoms with Gasteiger partial charge in [-0.15, -0.1) is 0 Å². The number of benzene rings is 1. The Morgan fingerprint density at radius 1 is 1.57 bits per heavy atom. The van der Waals surface area contributed by atoms with Gasteiger partial charge in [-0.2, -0.15) is 0 Å². The predicted octanol–water partition coefficient (Wildman–Crippen LogP) is 1.14. The monoisotopic (exact) mass is 193 g/mol. The highest BCUT2D eigenvalue weighted by Gasteiger charge is 2.21. The Kier molecular flexibility index (Phi) is 2.04. The number of carbonyl (C=O) groups excluding carboxylic acids is 1. The summed E-state index contributed by atoms with van der Waals surface area (Å²) in [6, 6.07) is 4.75. The lowest BCUT2D eigenvalue weighted by Crippen LogP contribution is -2.36. The Morgan fingerprint density at radius 3 is 3.07 bits per heavy atom. The summed E-state index contributed by atoms with van der Waals surface area (Å²) in [5.74, 6) is 0.741. The van der Waals surface area contributed by atoms with Crippen LogP contribution in [0.4, 0.5) is 5.69 Å². The van der Waals surface area contributed by atoms with E-state index in [1.807, 2.05) is 0 Å². The second-order valence-electron chi connectivity index (χ2n) is 3.17. The number of amides is 1. The Hall–Kier alpha value is -1.71. The average molecular weight is 193 g/mol. The number of rotatable bonds is 0. The van der Waals surface area contributed by atoms with Crippen LogP contribution in [0.5, 0.6) is 11.5 Å². The van der Waals surface area contributed by atoms with Gasteiger partial charge in [0.05, 0.1) is 12.2 Å². The highest BCUT2D eigenvalue weighted by Crippen LogP contribution is 2.34. The molecule has 74 valence electrons. The molecule has 1 aliphatic rings. The van der Waals surface area contributed by atoms with Crippen LogP contribution in [-0.2, 0) is 4.79 Å². The van der Waals surface area contributed by atoms with Crippen LogP contribution in [0.1, 0.15) is 6.92 Å². The van der Waals surface area contributed by atoms with Gasteiger partial charge in [-0.05, 0) is 12.1 Å². The van der Waals surface area contributed by atoms with Crippen LogP contribution in [0.2, 0.25) is 0 Å². The van der Waals surface area contributed by atoms with Crippen LogP contribution in [0.25, 0.3) is 0 Å². The minimum atomic E-state index is -0.0415. The van der Waals surface area contributed by atoms with Gasteiger partial charge in [-0.1, -0.05) is 0 Å². The number of aromatic hydroxyl groups is 1. The first kappa shape index (κ1) is 8.87. The quantitative estimate of drug-likeness (QED) is 0.672. The minimum absolute atomic E-state index is 0.0415. The van der Waals surface area contributed by atoms with Crippen LogP contribution in [0.3, 0.4) is 0 Å². The highest BCUT2D eigenvalue weighted by molar-refractivity contribution is 5.93. The fraction of sp³-hybridized carbons (Fsp3) is 0.300. The van der Waals surface area contributed by atoms with Gasteiger partial charge < -0.3 is 14.7 Å². The molecule has 14 heavy (non-hydrogen) atoms. The van der Waals surface area contributed by atoms with E-state index < -0.39 is 0 Å². The van der Waals surface area contributed by atoms with Crippen molar-refractivity contribution in [3.05, 3.63) is 18.2 Å². The topological polar surface area (TPSA) is 49.8 Å². The van der Waals surface area contributed by atoms with E-state index in [0.717, 1.165) is 0 Å². The normalized spacial score (nSPS) is 14.5. The summed E-state index contributed by atoms with van der Waals surface area (Å²) in [5, 5.41) is 9.29. The molecule has 0 spiro atoms. The number of fused-ring (bicyclic) bond motifs is 1. The molecule has 0 saturated carbocycles. The molecule has 4 heteroatoms. The van der Waals surface area contributed by atoms with Gasteiger partial charge in [0, 0.05) is 13.0 Å². The number of ether oxygens (including phenoxy) is 1. The Morgan fingerprint density at radius 2 is 2.36 bits per heavy atom. The number of anilines is 1. The first-order chi connectivity index (χ1) is 6.68. The van der Waals surface area contributed by atoms with Gasteiger partial charge in [0.25, 0.3) is 0 Å². The number of carbonyl (C=O) groups is 1. The fourth-order valence-electron chi connectivity index (χ4n) is 1.53. The van der Waals surface area contributed by atoms with E-state index in [0.29, 0.717) is 24.6 Å². The number of hydrogen-bond donors (Lipinski definition) is 1. The number of phenolic OH excluding ortho intramolecular Hbond substituents is 1. The van der Waals surface area contributed by atoms with Crippen molar-refractivity contribution >= 4 is 11.6 Å². The molecule has 1 aliphatic heterocycles. The molecule has 0 aliphatic carbocycles. The average Bonchev–Trinajstić information content (AvgIpc) is 2.16. The zero-order valence-corrected chi connectivity index (χ0v) is 7.86. The van der Waals surface area contributed by atoms with Crippen molar-refractivity contribution in [1.82, 2.24) is 0 Å². The first-order valence-corrected chi connectivity index (χ1v) is 4.42. The Labute approximate surface area is 81.7 Å². The van der Waals surface area contributed by atoms with Crippen molar-refractivity contribution in [3.8, 4) is 11.5 Å². The molecular formula is C10H11NO3. The van der Waals surface area contributed by atoms with Crippen molar-refractivity contribution in [1.29, 1.82) is 0 Å². The van der Waals surface area contributed by atoms with Crippen molar-refractivity contribution in [2.45, 2.75) is 6.92 Å². The van der Waals surface area contributed by atoms with Gasteiger partial charge in [0.2, 0.25) is 5.91 Å². The summed E-state index contributed by atoms with van der Waals surface area (Å²) in [7, 11) is 0. The Balaban J connectivity index is 2.46. The lowest BCUT2D eigenvalue weighted by molar-refractivity contribution is -0.116. The van der Waals surface area contributed by atoms with Crippen molar-refractivity contribution in [2.24, 2.45) is 0 Å². The fourth-order valence-corrected chi connectivity index (χ4v) is 1.53. The van der Waals surface area contributed by atoms with E-state index >= 15 is 0 Å². The van der Waals surface area contributed by atoms with E-state index in [1.54, 1.807) is 17.0 Å². The molecule has 1 aromatic carbocycles. The van der Waals surface area contributed by atoms with Crippen molar-refractivity contribution in [3.63, 3.8) is 0 Å². The molecule has 4 nitrogen and oxygen atoms in total. The summed E-state index contributed by atoms with van der Waals surface area (Å²) in [5.41, 5.74) is 0.642. The summed E-state index contributed by atoms with van der Waals surface area (Å²) < 4.78 is 5.35. The maximum atomic E-state index is 11.3. The van der Waals surface area contributed by atoms with Crippen molar-refractivity contribution < 1.29 is 14.6 Å². The maximum absolute atomic E-state index is 11.3. The predicted molar refractivity (Wildman–Crippen MR) is 51.6 cm³/mol. The summed E-state index contributed by atoms with van der Waals surface area (Å²) >= 11 is 0. The van der Waals surface area contributed by atoms with Crippen molar-refractivity contribution in [2.75, 3.05) is 18.1 Å². The van der Waals surface area contributed by atoms with Gasteiger partial charge >= 0.3 is 0 Å². The molecule has 0 radical (unpaired) electrons. The molecule has 0 bridgehead atoms. The lowest BCUT2D eigenvalue weighted by atomic mass is 10.2. The van der Waals surface area contributed by atoms with Gasteiger partial charge in [-0.3, -0.25) is 4.79 Å². The number of nitrogens with zero attached hydrogens (tertiary/aromatic N) is 1. The lowest BCUT2D eigenvalue weighted by Gasteiger charge is -2.28. The van der Waals surface area contributed by atoms with Gasteiger partial charge in [0.15, 0.2) is 0 Å². The zero-order valence-electron chi connectivity index (χ0n) is 7.86. The highest BCUT2D eigenvalue weighted by atomic mass is 16.5. The largest absolute Gasteiger partial charge is 0.508 e. The summed E-state index contributed by atoms with van der Waals surface area (Å²) in [6.45, 7) is 2.53. The third-order valence-corrected chi connectivity index (χ3v) is 2.19. The second-order valence-corrected chi connectivity index (χ2v) is 3.17. The molecule has 2 rings (SSSR count). The molecule has 1 amide bonds. The maximum Gasteiger partial charge on any atom is 0.224 e. The molecule has 1 heterocycles. The van der Waals surface area contributed by atoms with E-state index in [1.165, 1.54) is 13.0 Å².